The van der Waals surface area contributed by atoms with Gasteiger partial charge in [0.25, 0.3) is 0 Å². The van der Waals surface area contributed by atoms with Crippen molar-refractivity contribution in [2.75, 3.05) is 5.01 Å². The molecular formula is C16H21N3O2. The average molecular weight is 287 g/mol. The van der Waals surface area contributed by atoms with Crippen molar-refractivity contribution in [2.45, 2.75) is 52.1 Å². The summed E-state index contributed by atoms with van der Waals surface area (Å²) in [6.07, 6.45) is 3.55. The van der Waals surface area contributed by atoms with E-state index in [0.29, 0.717) is 17.6 Å². The number of piperidine rings is 1. The lowest BCUT2D eigenvalue weighted by molar-refractivity contribution is 0.0697. The van der Waals surface area contributed by atoms with Crippen molar-refractivity contribution in [3.8, 4) is 0 Å². The number of aromatic carboxylic acids is 1. The Morgan fingerprint density at radius 1 is 1.29 bits per heavy atom. The molecule has 112 valence electrons. The summed E-state index contributed by atoms with van der Waals surface area (Å²) < 4.78 is 2.11. The molecule has 1 saturated heterocycles. The fraction of sp³-hybridized carbons (Fsp3) is 0.500. The fourth-order valence-corrected chi connectivity index (χ4v) is 3.41. The van der Waals surface area contributed by atoms with Crippen LogP contribution in [0.5, 0.6) is 0 Å². The Hall–Kier alpha value is -2.04. The second kappa shape index (κ2) is 5.06. The van der Waals surface area contributed by atoms with E-state index in [-0.39, 0.29) is 0 Å². The van der Waals surface area contributed by atoms with Crippen LogP contribution in [0.3, 0.4) is 0 Å². The highest BCUT2D eigenvalue weighted by Crippen LogP contribution is 2.26. The van der Waals surface area contributed by atoms with Crippen LogP contribution >= 0.6 is 0 Å². The summed E-state index contributed by atoms with van der Waals surface area (Å²) in [7, 11) is 0. The second-order valence-electron chi connectivity index (χ2n) is 5.99. The molecule has 0 radical (unpaired) electrons. The first-order valence-corrected chi connectivity index (χ1v) is 7.50. The number of carboxylic acids is 1. The molecule has 0 amide bonds. The van der Waals surface area contributed by atoms with E-state index in [1.165, 1.54) is 6.42 Å². The van der Waals surface area contributed by atoms with Gasteiger partial charge in [0.2, 0.25) is 0 Å². The predicted octanol–water partition coefficient (Wildman–Crippen LogP) is 2.94. The lowest BCUT2D eigenvalue weighted by Crippen LogP contribution is -2.51. The Bertz CT molecular complexity index is 682. The molecule has 5 nitrogen and oxygen atoms in total. The third kappa shape index (κ3) is 2.26. The summed E-state index contributed by atoms with van der Waals surface area (Å²) >= 11 is 0. The molecule has 1 aliphatic heterocycles. The van der Waals surface area contributed by atoms with Gasteiger partial charge in [-0.3, -0.25) is 0 Å². The van der Waals surface area contributed by atoms with Crippen LogP contribution < -0.4 is 5.01 Å². The minimum Gasteiger partial charge on any atom is -0.478 e. The molecule has 2 unspecified atom stereocenters. The molecule has 1 aliphatic rings. The number of hydrogen-bond acceptors (Lipinski definition) is 3. The summed E-state index contributed by atoms with van der Waals surface area (Å²) in [4.78, 5) is 15.8. The van der Waals surface area contributed by atoms with Gasteiger partial charge < -0.3 is 10.1 Å². The molecule has 0 saturated carbocycles. The second-order valence-corrected chi connectivity index (χ2v) is 5.99. The van der Waals surface area contributed by atoms with Crippen molar-refractivity contribution in [1.29, 1.82) is 0 Å². The molecule has 21 heavy (non-hydrogen) atoms. The molecule has 1 fully saturated rings. The summed E-state index contributed by atoms with van der Waals surface area (Å²) in [6, 6.07) is 5.99. The van der Waals surface area contributed by atoms with Crippen LogP contribution in [0.2, 0.25) is 0 Å². The number of carboxylic acid groups (broad SMARTS) is 1. The minimum atomic E-state index is -0.901. The Balaban J connectivity index is 2.18. The normalized spacial score (nSPS) is 22.7. The number of carbonyl (C=O) groups is 1. The molecule has 2 atom stereocenters. The highest BCUT2D eigenvalue weighted by atomic mass is 16.4. The van der Waals surface area contributed by atoms with Gasteiger partial charge in [0.15, 0.2) is 0 Å². The van der Waals surface area contributed by atoms with Gasteiger partial charge in [0.1, 0.15) is 5.82 Å². The first kappa shape index (κ1) is 13.9. The molecule has 5 heteroatoms. The lowest BCUT2D eigenvalue weighted by atomic mass is 10.00. The minimum absolute atomic E-state index is 0.306. The SMILES string of the molecule is Cc1nc2ccc(C(=O)O)cc2n1N1C(C)CCCC1C. The summed E-state index contributed by atoms with van der Waals surface area (Å²) in [5.74, 6) is 0.00943. The predicted molar refractivity (Wildman–Crippen MR) is 82.4 cm³/mol. The molecule has 2 heterocycles. The van der Waals surface area contributed by atoms with Crippen LogP contribution in [0, 0.1) is 6.92 Å². The van der Waals surface area contributed by atoms with E-state index >= 15 is 0 Å². The Morgan fingerprint density at radius 3 is 2.57 bits per heavy atom. The maximum Gasteiger partial charge on any atom is 0.335 e. The van der Waals surface area contributed by atoms with E-state index in [1.807, 2.05) is 6.92 Å². The van der Waals surface area contributed by atoms with Crippen LogP contribution in [0.1, 0.15) is 49.3 Å². The van der Waals surface area contributed by atoms with Crippen molar-refractivity contribution < 1.29 is 9.90 Å². The van der Waals surface area contributed by atoms with Crippen LogP contribution in [-0.2, 0) is 0 Å². The number of aromatic nitrogens is 2. The first-order chi connectivity index (χ1) is 9.99. The number of rotatable bonds is 2. The Morgan fingerprint density at radius 2 is 1.95 bits per heavy atom. The van der Waals surface area contributed by atoms with Crippen LogP contribution in [-0.4, -0.2) is 32.8 Å². The number of nitrogens with zero attached hydrogens (tertiary/aromatic N) is 3. The third-order valence-electron chi connectivity index (χ3n) is 4.42. The number of hydrogen-bond donors (Lipinski definition) is 1. The van der Waals surface area contributed by atoms with E-state index in [4.69, 9.17) is 0 Å². The number of fused-ring (bicyclic) bond motifs is 1. The molecule has 2 aromatic rings. The lowest BCUT2D eigenvalue weighted by Gasteiger charge is -2.42. The smallest absolute Gasteiger partial charge is 0.335 e. The maximum atomic E-state index is 11.2. The Kier molecular flexibility index (Phi) is 3.35. The van der Waals surface area contributed by atoms with Crippen LogP contribution in [0.25, 0.3) is 11.0 Å². The van der Waals surface area contributed by atoms with E-state index < -0.39 is 5.97 Å². The zero-order valence-corrected chi connectivity index (χ0v) is 12.7. The molecule has 0 spiro atoms. The molecule has 0 bridgehead atoms. The van der Waals surface area contributed by atoms with Crippen molar-refractivity contribution in [3.63, 3.8) is 0 Å². The highest BCUT2D eigenvalue weighted by molar-refractivity contribution is 5.92. The zero-order chi connectivity index (χ0) is 15.1. The van der Waals surface area contributed by atoms with E-state index in [2.05, 4.69) is 28.5 Å². The van der Waals surface area contributed by atoms with Gasteiger partial charge in [-0.25, -0.2) is 14.5 Å². The van der Waals surface area contributed by atoms with Crippen molar-refractivity contribution in [2.24, 2.45) is 0 Å². The zero-order valence-electron chi connectivity index (χ0n) is 12.7. The first-order valence-electron chi connectivity index (χ1n) is 7.50. The fourth-order valence-electron chi connectivity index (χ4n) is 3.41. The van der Waals surface area contributed by atoms with Crippen molar-refractivity contribution >= 4 is 17.0 Å². The van der Waals surface area contributed by atoms with Gasteiger partial charge in [0.05, 0.1) is 16.6 Å². The third-order valence-corrected chi connectivity index (χ3v) is 4.42. The van der Waals surface area contributed by atoms with E-state index in [0.717, 1.165) is 29.7 Å². The molecule has 0 aliphatic carbocycles. The Labute approximate surface area is 124 Å². The standard InChI is InChI=1S/C16H21N3O2/c1-10-5-4-6-11(2)18(10)19-12(3)17-14-8-7-13(16(20)21)9-15(14)19/h7-11H,4-6H2,1-3H3,(H,20,21). The molecule has 3 rings (SSSR count). The topological polar surface area (TPSA) is 58.4 Å². The van der Waals surface area contributed by atoms with Gasteiger partial charge in [-0.15, -0.1) is 0 Å². The summed E-state index contributed by atoms with van der Waals surface area (Å²) in [5, 5.41) is 11.6. The molecule has 1 N–H and O–H groups in total. The van der Waals surface area contributed by atoms with Crippen LogP contribution in [0.4, 0.5) is 0 Å². The largest absolute Gasteiger partial charge is 0.478 e. The number of imidazole rings is 1. The molecule has 1 aromatic heterocycles. The van der Waals surface area contributed by atoms with Gasteiger partial charge in [-0.05, 0) is 58.2 Å². The maximum absolute atomic E-state index is 11.2. The van der Waals surface area contributed by atoms with Gasteiger partial charge in [-0.2, -0.15) is 0 Å². The molecule has 1 aromatic carbocycles. The molecular weight excluding hydrogens is 266 g/mol. The average Bonchev–Trinajstić information content (AvgIpc) is 2.74. The highest BCUT2D eigenvalue weighted by Gasteiger charge is 2.27. The van der Waals surface area contributed by atoms with Gasteiger partial charge in [0, 0.05) is 12.1 Å². The van der Waals surface area contributed by atoms with Gasteiger partial charge >= 0.3 is 5.97 Å². The van der Waals surface area contributed by atoms with Crippen molar-refractivity contribution in [3.05, 3.63) is 29.6 Å². The van der Waals surface area contributed by atoms with Gasteiger partial charge in [-0.1, -0.05) is 0 Å². The summed E-state index contributed by atoms with van der Waals surface area (Å²) in [6.45, 7) is 6.43. The van der Waals surface area contributed by atoms with E-state index in [9.17, 15) is 9.90 Å². The van der Waals surface area contributed by atoms with Crippen LogP contribution in [0.15, 0.2) is 18.2 Å². The number of benzene rings is 1. The number of aryl methyl sites for hydroxylation is 1. The monoisotopic (exact) mass is 287 g/mol. The quantitative estimate of drug-likeness (QED) is 0.922. The summed E-state index contributed by atoms with van der Waals surface area (Å²) in [5.41, 5.74) is 2.04. The van der Waals surface area contributed by atoms with Crippen molar-refractivity contribution in [1.82, 2.24) is 9.66 Å². The van der Waals surface area contributed by atoms with E-state index in [1.54, 1.807) is 18.2 Å².